The highest BCUT2D eigenvalue weighted by Crippen LogP contribution is 2.30. The Balaban J connectivity index is 3.89. The molecule has 1 aromatic rings. The number of terminal acetylenes is 4. The van der Waals surface area contributed by atoms with E-state index in [-0.39, 0.29) is 0 Å². The average Bonchev–Trinajstić information content (AvgIpc) is 2.52. The highest BCUT2D eigenvalue weighted by molar-refractivity contribution is 5.56. The summed E-state index contributed by atoms with van der Waals surface area (Å²) in [5.41, 5.74) is 17.8. The van der Waals surface area contributed by atoms with Crippen molar-refractivity contribution in [1.29, 1.82) is 0 Å². The first-order valence-corrected chi connectivity index (χ1v) is 7.01. The molecule has 0 saturated carbocycles. The Bertz CT molecular complexity index is 593. The molecule has 0 atom stereocenters. The van der Waals surface area contributed by atoms with Crippen LogP contribution in [0.3, 0.4) is 0 Å². The van der Waals surface area contributed by atoms with E-state index in [0.717, 1.165) is 33.4 Å². The van der Waals surface area contributed by atoms with Gasteiger partial charge in [0.2, 0.25) is 0 Å². The van der Waals surface area contributed by atoms with E-state index in [0.29, 0.717) is 38.8 Å². The van der Waals surface area contributed by atoms with E-state index < -0.39 is 0 Å². The summed E-state index contributed by atoms with van der Waals surface area (Å²) in [5.74, 6) is 10.7. The third-order valence-electron chi connectivity index (χ3n) is 3.71. The predicted molar refractivity (Wildman–Crippen MR) is 92.4 cm³/mol. The van der Waals surface area contributed by atoms with E-state index in [1.807, 2.05) is 0 Å². The van der Waals surface area contributed by atoms with Crippen molar-refractivity contribution in [3.05, 3.63) is 33.4 Å². The Kier molecular flexibility index (Phi) is 6.83. The SMILES string of the molecule is C#CCc1c(CN)c(CC#C)c(CC#C)c(CN)c1CC#C. The van der Waals surface area contributed by atoms with Crippen molar-refractivity contribution < 1.29 is 0 Å². The molecule has 0 amide bonds. The molecular weight excluding hydrogens is 268 g/mol. The molecule has 110 valence electrons. The van der Waals surface area contributed by atoms with Gasteiger partial charge in [-0.1, -0.05) is 0 Å². The van der Waals surface area contributed by atoms with Crippen LogP contribution in [0.15, 0.2) is 0 Å². The zero-order valence-corrected chi connectivity index (χ0v) is 12.7. The molecule has 1 aromatic carbocycles. The van der Waals surface area contributed by atoms with Crippen molar-refractivity contribution >= 4 is 0 Å². The fraction of sp³-hybridized carbons (Fsp3) is 0.300. The molecule has 0 aliphatic heterocycles. The second-order valence-corrected chi connectivity index (χ2v) is 4.80. The predicted octanol–water partition coefficient (Wildman–Crippen LogP) is 1.31. The Hall–Kier alpha value is -2.62. The molecule has 0 radical (unpaired) electrons. The Labute approximate surface area is 133 Å². The van der Waals surface area contributed by atoms with Gasteiger partial charge in [-0.25, -0.2) is 0 Å². The number of hydrogen-bond donors (Lipinski definition) is 2. The van der Waals surface area contributed by atoms with Crippen molar-refractivity contribution in [3.8, 4) is 49.4 Å². The summed E-state index contributed by atoms with van der Waals surface area (Å²) in [5, 5.41) is 0. The minimum absolute atomic E-state index is 0.341. The van der Waals surface area contributed by atoms with Crippen LogP contribution in [0.25, 0.3) is 0 Å². The van der Waals surface area contributed by atoms with Gasteiger partial charge >= 0.3 is 0 Å². The van der Waals surface area contributed by atoms with Gasteiger partial charge in [0.25, 0.3) is 0 Å². The molecule has 0 unspecified atom stereocenters. The normalized spacial score (nSPS) is 9.36. The Morgan fingerprint density at radius 1 is 0.500 bits per heavy atom. The van der Waals surface area contributed by atoms with Gasteiger partial charge in [0.15, 0.2) is 0 Å². The zero-order valence-electron chi connectivity index (χ0n) is 12.7. The summed E-state index contributed by atoms with van der Waals surface area (Å²) in [6.07, 6.45) is 23.9. The largest absolute Gasteiger partial charge is 0.326 e. The number of benzene rings is 1. The molecule has 22 heavy (non-hydrogen) atoms. The summed E-state index contributed by atoms with van der Waals surface area (Å²) in [6, 6.07) is 0. The number of nitrogens with two attached hydrogens (primary N) is 2. The van der Waals surface area contributed by atoms with Gasteiger partial charge in [0.05, 0.1) is 0 Å². The quantitative estimate of drug-likeness (QED) is 0.775. The van der Waals surface area contributed by atoms with Crippen molar-refractivity contribution in [2.24, 2.45) is 11.5 Å². The van der Waals surface area contributed by atoms with Crippen LogP contribution >= 0.6 is 0 Å². The maximum Gasteiger partial charge on any atom is 0.0344 e. The van der Waals surface area contributed by atoms with Gasteiger partial charge in [-0.05, 0) is 33.4 Å². The molecule has 0 aliphatic rings. The lowest BCUT2D eigenvalue weighted by Crippen LogP contribution is -2.17. The fourth-order valence-corrected chi connectivity index (χ4v) is 2.85. The van der Waals surface area contributed by atoms with Crippen LogP contribution in [0.1, 0.15) is 33.4 Å². The molecule has 0 bridgehead atoms. The van der Waals surface area contributed by atoms with E-state index in [2.05, 4.69) is 23.7 Å². The standard InChI is InChI=1S/C20H20N2/c1-5-9-15-16(10-6-2)20(14-22)18(12-8-4)17(11-7-3)19(15)13-21/h1-4H,9-14,21-22H2. The van der Waals surface area contributed by atoms with Gasteiger partial charge in [0.1, 0.15) is 0 Å². The Morgan fingerprint density at radius 3 is 0.864 bits per heavy atom. The van der Waals surface area contributed by atoms with Crippen LogP contribution in [0.5, 0.6) is 0 Å². The molecule has 0 fully saturated rings. The lowest BCUT2D eigenvalue weighted by Gasteiger charge is -2.23. The van der Waals surface area contributed by atoms with Crippen LogP contribution < -0.4 is 11.5 Å². The smallest absolute Gasteiger partial charge is 0.0344 e. The first-order valence-electron chi connectivity index (χ1n) is 7.01. The van der Waals surface area contributed by atoms with Crippen LogP contribution in [0.2, 0.25) is 0 Å². The third kappa shape index (κ3) is 3.34. The molecule has 0 aliphatic carbocycles. The summed E-state index contributed by atoms with van der Waals surface area (Å²) < 4.78 is 0. The zero-order chi connectivity index (χ0) is 16.5. The number of rotatable bonds is 6. The molecule has 2 heteroatoms. The highest BCUT2D eigenvalue weighted by Gasteiger charge is 2.20. The average molecular weight is 288 g/mol. The monoisotopic (exact) mass is 288 g/mol. The first kappa shape index (κ1) is 17.4. The second kappa shape index (κ2) is 8.62. The van der Waals surface area contributed by atoms with Gasteiger partial charge in [-0.2, -0.15) is 0 Å². The first-order chi connectivity index (χ1) is 10.7. The minimum Gasteiger partial charge on any atom is -0.326 e. The van der Waals surface area contributed by atoms with Gasteiger partial charge < -0.3 is 11.5 Å². The van der Waals surface area contributed by atoms with E-state index in [1.165, 1.54) is 0 Å². The van der Waals surface area contributed by atoms with Crippen molar-refractivity contribution in [2.45, 2.75) is 38.8 Å². The van der Waals surface area contributed by atoms with E-state index in [9.17, 15) is 0 Å². The third-order valence-corrected chi connectivity index (χ3v) is 3.71. The second-order valence-electron chi connectivity index (χ2n) is 4.80. The van der Waals surface area contributed by atoms with Gasteiger partial charge in [-0.3, -0.25) is 0 Å². The molecule has 0 aromatic heterocycles. The van der Waals surface area contributed by atoms with E-state index >= 15 is 0 Å². The molecule has 2 nitrogen and oxygen atoms in total. The van der Waals surface area contributed by atoms with Gasteiger partial charge in [-0.15, -0.1) is 49.4 Å². The molecule has 1 rings (SSSR count). The molecular formula is C20H20N2. The van der Waals surface area contributed by atoms with Crippen molar-refractivity contribution in [2.75, 3.05) is 0 Å². The van der Waals surface area contributed by atoms with Crippen LogP contribution in [-0.4, -0.2) is 0 Å². The molecule has 0 spiro atoms. The molecule has 0 heterocycles. The summed E-state index contributed by atoms with van der Waals surface area (Å²) in [4.78, 5) is 0. The summed E-state index contributed by atoms with van der Waals surface area (Å²) >= 11 is 0. The Morgan fingerprint density at radius 2 is 0.727 bits per heavy atom. The van der Waals surface area contributed by atoms with Crippen LogP contribution in [0.4, 0.5) is 0 Å². The lowest BCUT2D eigenvalue weighted by atomic mass is 9.82. The maximum absolute atomic E-state index is 5.96. The lowest BCUT2D eigenvalue weighted by molar-refractivity contribution is 0.916. The molecule has 4 N–H and O–H groups in total. The van der Waals surface area contributed by atoms with E-state index in [4.69, 9.17) is 37.2 Å². The highest BCUT2D eigenvalue weighted by atomic mass is 14.6. The van der Waals surface area contributed by atoms with Crippen molar-refractivity contribution in [3.63, 3.8) is 0 Å². The van der Waals surface area contributed by atoms with Crippen LogP contribution in [-0.2, 0) is 38.8 Å². The summed E-state index contributed by atoms with van der Waals surface area (Å²) in [6.45, 7) is 0.683. The van der Waals surface area contributed by atoms with Gasteiger partial charge in [0, 0.05) is 38.8 Å². The van der Waals surface area contributed by atoms with Crippen LogP contribution in [0, 0.1) is 49.4 Å². The maximum atomic E-state index is 5.96. The number of hydrogen-bond acceptors (Lipinski definition) is 2. The minimum atomic E-state index is 0.341. The molecule has 0 saturated heterocycles. The fourth-order valence-electron chi connectivity index (χ4n) is 2.85. The van der Waals surface area contributed by atoms with Crippen molar-refractivity contribution in [1.82, 2.24) is 0 Å². The topological polar surface area (TPSA) is 52.0 Å². The summed E-state index contributed by atoms with van der Waals surface area (Å²) in [7, 11) is 0. The van der Waals surface area contributed by atoms with E-state index in [1.54, 1.807) is 0 Å².